The van der Waals surface area contributed by atoms with Gasteiger partial charge >= 0.3 is 0 Å². The Kier molecular flexibility index (Phi) is 8.89. The Morgan fingerprint density at radius 3 is 1.88 bits per heavy atom. The van der Waals surface area contributed by atoms with E-state index in [1.165, 1.54) is 11.1 Å². The molecule has 0 aliphatic rings. The van der Waals surface area contributed by atoms with E-state index in [1.807, 2.05) is 36.4 Å². The number of hydrogen-bond donors (Lipinski definition) is 2. The molecular weight excluding hydrogens is 412 g/mol. The largest absolute Gasteiger partial charge is 0.497 e. The number of methoxy groups -OCH3 is 1. The fraction of sp³-hybridized carbons (Fsp3) is 0.357. The van der Waals surface area contributed by atoms with Crippen molar-refractivity contribution in [2.75, 3.05) is 33.9 Å². The van der Waals surface area contributed by atoms with E-state index in [0.717, 1.165) is 12.3 Å². The summed E-state index contributed by atoms with van der Waals surface area (Å²) in [4.78, 5) is 2.36. The van der Waals surface area contributed by atoms with Crippen LogP contribution in [0, 0.1) is 0 Å². The second kappa shape index (κ2) is 11.8. The third-order valence-corrected chi connectivity index (χ3v) is 5.63. The summed E-state index contributed by atoms with van der Waals surface area (Å²) in [5.41, 5.74) is 2.31. The first kappa shape index (κ1) is 24.8. The number of ether oxygens (including phenoxy) is 2. The van der Waals surface area contributed by atoms with Crippen LogP contribution in [0.25, 0.3) is 0 Å². The molecule has 1 atom stereocenters. The first-order chi connectivity index (χ1) is 15.9. The molecule has 33 heavy (non-hydrogen) atoms. The Bertz CT molecular complexity index is 906. The topological polar surface area (TPSA) is 54.0 Å². The normalized spacial score (nSPS) is 12.7. The van der Waals surface area contributed by atoms with E-state index in [1.54, 1.807) is 7.11 Å². The van der Waals surface area contributed by atoms with Crippen molar-refractivity contribution in [3.63, 3.8) is 0 Å². The summed E-state index contributed by atoms with van der Waals surface area (Å²) in [5, 5.41) is 14.0. The molecule has 0 spiro atoms. The van der Waals surface area contributed by atoms with Gasteiger partial charge in [0.2, 0.25) is 0 Å². The lowest BCUT2D eigenvalue weighted by atomic mass is 9.95. The zero-order chi connectivity index (χ0) is 23.7. The molecule has 0 aromatic heterocycles. The fourth-order valence-corrected chi connectivity index (χ4v) is 4.06. The van der Waals surface area contributed by atoms with Crippen molar-refractivity contribution in [2.45, 2.75) is 31.5 Å². The van der Waals surface area contributed by atoms with Crippen molar-refractivity contribution in [1.82, 2.24) is 10.2 Å². The maximum absolute atomic E-state index is 10.4. The quantitative estimate of drug-likeness (QED) is 0.427. The standard InChI is InChI=1S/C28H36N2O3/c1-28(2,29-19-24(31)20-33-26-17-15-25(32-4)16-18-26)21-30(3)27(22-11-7-5-8-12-22)23-13-9-6-10-14-23/h5-18,24,27,29,31H,19-21H2,1-4H3. The van der Waals surface area contributed by atoms with Gasteiger partial charge in [0.15, 0.2) is 0 Å². The number of aliphatic hydroxyl groups is 1. The van der Waals surface area contributed by atoms with Gasteiger partial charge in [0.1, 0.15) is 24.2 Å². The zero-order valence-electron chi connectivity index (χ0n) is 20.1. The van der Waals surface area contributed by atoms with Gasteiger partial charge < -0.3 is 19.9 Å². The van der Waals surface area contributed by atoms with Crippen molar-refractivity contribution in [3.05, 3.63) is 96.1 Å². The van der Waals surface area contributed by atoms with Crippen molar-refractivity contribution in [1.29, 1.82) is 0 Å². The number of rotatable bonds is 12. The van der Waals surface area contributed by atoms with Gasteiger partial charge in [0, 0.05) is 18.6 Å². The molecule has 0 aliphatic carbocycles. The van der Waals surface area contributed by atoms with Gasteiger partial charge in [-0.2, -0.15) is 0 Å². The molecule has 0 saturated heterocycles. The Morgan fingerprint density at radius 2 is 1.36 bits per heavy atom. The van der Waals surface area contributed by atoms with E-state index in [4.69, 9.17) is 9.47 Å². The Labute approximate surface area is 198 Å². The van der Waals surface area contributed by atoms with E-state index >= 15 is 0 Å². The van der Waals surface area contributed by atoms with Crippen LogP contribution in [0.1, 0.15) is 31.0 Å². The van der Waals surface area contributed by atoms with E-state index in [9.17, 15) is 5.11 Å². The minimum Gasteiger partial charge on any atom is -0.497 e. The summed E-state index contributed by atoms with van der Waals surface area (Å²) >= 11 is 0. The molecule has 0 heterocycles. The molecule has 0 bridgehead atoms. The SMILES string of the molecule is COc1ccc(OCC(O)CNC(C)(C)CN(C)C(c2ccccc2)c2ccccc2)cc1. The maximum atomic E-state index is 10.4. The van der Waals surface area contributed by atoms with Gasteiger partial charge in [-0.3, -0.25) is 4.90 Å². The van der Waals surface area contributed by atoms with Crippen LogP contribution >= 0.6 is 0 Å². The lowest BCUT2D eigenvalue weighted by Crippen LogP contribution is -2.51. The lowest BCUT2D eigenvalue weighted by Gasteiger charge is -2.37. The van der Waals surface area contributed by atoms with Gasteiger partial charge in [-0.1, -0.05) is 60.7 Å². The molecule has 0 saturated carbocycles. The van der Waals surface area contributed by atoms with E-state index in [0.29, 0.717) is 12.3 Å². The molecule has 0 amide bonds. The Morgan fingerprint density at radius 1 is 0.848 bits per heavy atom. The second-order valence-electron chi connectivity index (χ2n) is 9.04. The number of β-amino-alcohol motifs (C(OH)–C–C–N with tert-alkyl or cyclic N) is 1. The molecule has 176 valence electrons. The smallest absolute Gasteiger partial charge is 0.119 e. The highest BCUT2D eigenvalue weighted by Gasteiger charge is 2.26. The minimum absolute atomic E-state index is 0.150. The molecule has 5 nitrogen and oxygen atoms in total. The predicted molar refractivity (Wildman–Crippen MR) is 134 cm³/mol. The lowest BCUT2D eigenvalue weighted by molar-refractivity contribution is 0.0935. The molecule has 3 aromatic carbocycles. The number of nitrogens with zero attached hydrogens (tertiary/aromatic N) is 1. The number of hydrogen-bond acceptors (Lipinski definition) is 5. The summed E-state index contributed by atoms with van der Waals surface area (Å²) in [6, 6.07) is 28.6. The molecule has 3 rings (SSSR count). The van der Waals surface area contributed by atoms with E-state index in [-0.39, 0.29) is 18.2 Å². The van der Waals surface area contributed by atoms with Crippen LogP contribution in [-0.4, -0.2) is 55.5 Å². The summed E-state index contributed by atoms with van der Waals surface area (Å²) in [6.45, 7) is 5.79. The third-order valence-electron chi connectivity index (χ3n) is 5.63. The summed E-state index contributed by atoms with van der Waals surface area (Å²) in [7, 11) is 3.78. The molecule has 2 N–H and O–H groups in total. The van der Waals surface area contributed by atoms with Crippen LogP contribution in [0.5, 0.6) is 11.5 Å². The summed E-state index contributed by atoms with van der Waals surface area (Å²) in [5.74, 6) is 1.49. The Hall–Kier alpha value is -2.86. The molecule has 0 aliphatic heterocycles. The van der Waals surface area contributed by atoms with Crippen molar-refractivity contribution < 1.29 is 14.6 Å². The molecule has 3 aromatic rings. The molecule has 0 fully saturated rings. The molecule has 1 unspecified atom stereocenters. The highest BCUT2D eigenvalue weighted by atomic mass is 16.5. The number of benzene rings is 3. The fourth-order valence-electron chi connectivity index (χ4n) is 4.06. The highest BCUT2D eigenvalue weighted by molar-refractivity contribution is 5.32. The number of nitrogens with one attached hydrogen (secondary N) is 1. The van der Waals surface area contributed by atoms with E-state index < -0.39 is 6.10 Å². The minimum atomic E-state index is -0.615. The van der Waals surface area contributed by atoms with Crippen LogP contribution in [0.2, 0.25) is 0 Å². The van der Waals surface area contributed by atoms with Crippen molar-refractivity contribution >= 4 is 0 Å². The average molecular weight is 449 g/mol. The van der Waals surface area contributed by atoms with Crippen molar-refractivity contribution in [3.8, 4) is 11.5 Å². The Balaban J connectivity index is 1.56. The molecular formula is C28H36N2O3. The van der Waals surface area contributed by atoms with E-state index in [2.05, 4.69) is 79.6 Å². The second-order valence-corrected chi connectivity index (χ2v) is 9.04. The third kappa shape index (κ3) is 7.60. The first-order valence-electron chi connectivity index (χ1n) is 11.4. The monoisotopic (exact) mass is 448 g/mol. The number of likely N-dealkylation sites (N-methyl/N-ethyl adjacent to an activating group) is 1. The number of aliphatic hydroxyl groups excluding tert-OH is 1. The van der Waals surface area contributed by atoms with Crippen LogP contribution in [0.3, 0.4) is 0 Å². The van der Waals surface area contributed by atoms with Crippen LogP contribution in [0.4, 0.5) is 0 Å². The van der Waals surface area contributed by atoms with Gasteiger partial charge in [-0.05, 0) is 56.3 Å². The first-order valence-corrected chi connectivity index (χ1v) is 11.4. The molecule has 0 radical (unpaired) electrons. The summed E-state index contributed by atoms with van der Waals surface area (Å²) < 4.78 is 10.9. The summed E-state index contributed by atoms with van der Waals surface area (Å²) in [6.07, 6.45) is -0.615. The predicted octanol–water partition coefficient (Wildman–Crippen LogP) is 4.52. The average Bonchev–Trinajstić information content (AvgIpc) is 2.83. The van der Waals surface area contributed by atoms with Crippen molar-refractivity contribution in [2.24, 2.45) is 0 Å². The van der Waals surface area contributed by atoms with Gasteiger partial charge in [-0.25, -0.2) is 0 Å². The molecule has 5 heteroatoms. The van der Waals surface area contributed by atoms with Crippen LogP contribution < -0.4 is 14.8 Å². The van der Waals surface area contributed by atoms with Gasteiger partial charge in [0.05, 0.1) is 13.2 Å². The maximum Gasteiger partial charge on any atom is 0.119 e. The zero-order valence-corrected chi connectivity index (χ0v) is 20.1. The highest BCUT2D eigenvalue weighted by Crippen LogP contribution is 2.28. The van der Waals surface area contributed by atoms with Crippen LogP contribution in [-0.2, 0) is 0 Å². The van der Waals surface area contributed by atoms with Gasteiger partial charge in [-0.15, -0.1) is 0 Å². The van der Waals surface area contributed by atoms with Crippen LogP contribution in [0.15, 0.2) is 84.9 Å². The van der Waals surface area contributed by atoms with Gasteiger partial charge in [0.25, 0.3) is 0 Å².